The van der Waals surface area contributed by atoms with E-state index >= 15 is 0 Å². The number of rotatable bonds is 3. The maximum atomic E-state index is 6.16. The van der Waals surface area contributed by atoms with Gasteiger partial charge in [0.2, 0.25) is 0 Å². The molecule has 0 spiro atoms. The molecule has 0 aromatic carbocycles. The number of nitrogens with zero attached hydrogens (tertiary/aromatic N) is 2. The molecule has 0 N–H and O–H groups in total. The molecule has 1 aromatic heterocycles. The summed E-state index contributed by atoms with van der Waals surface area (Å²) in [6.07, 6.45) is 4.88. The third-order valence-corrected chi connectivity index (χ3v) is 4.81. The lowest BCUT2D eigenvalue weighted by Crippen LogP contribution is -2.15. The van der Waals surface area contributed by atoms with Crippen LogP contribution >= 0.6 is 27.5 Å². The zero-order chi connectivity index (χ0) is 13.1. The van der Waals surface area contributed by atoms with Crippen molar-refractivity contribution in [3.63, 3.8) is 0 Å². The number of hydrogen-bond donors (Lipinski definition) is 0. The summed E-state index contributed by atoms with van der Waals surface area (Å²) in [5.74, 6) is 2.07. The fraction of sp³-hybridized carbons (Fsp3) is 0.692. The first-order valence-electron chi connectivity index (χ1n) is 6.32. The van der Waals surface area contributed by atoms with Crippen molar-refractivity contribution in [2.24, 2.45) is 5.92 Å². The quantitative estimate of drug-likeness (QED) is 0.772. The highest BCUT2D eigenvalue weighted by Gasteiger charge is 2.24. The number of methoxy groups -OCH3 is 1. The molecule has 1 aliphatic rings. The SMILES string of the molecule is COCc1nc(C2CCCC(C)C2)nc(Cl)c1Br. The monoisotopic (exact) mass is 332 g/mol. The van der Waals surface area contributed by atoms with Gasteiger partial charge in [-0.1, -0.05) is 31.4 Å². The summed E-state index contributed by atoms with van der Waals surface area (Å²) in [5.41, 5.74) is 0.839. The molecule has 1 aromatic rings. The molecule has 0 bridgehead atoms. The first kappa shape index (κ1) is 14.2. The topological polar surface area (TPSA) is 35.0 Å². The van der Waals surface area contributed by atoms with Crippen LogP contribution in [0.3, 0.4) is 0 Å². The van der Waals surface area contributed by atoms with Gasteiger partial charge in [0, 0.05) is 13.0 Å². The molecule has 5 heteroatoms. The first-order chi connectivity index (χ1) is 8.61. The highest BCUT2D eigenvalue weighted by atomic mass is 79.9. The fourth-order valence-corrected chi connectivity index (χ4v) is 3.05. The van der Waals surface area contributed by atoms with E-state index in [0.29, 0.717) is 17.7 Å². The van der Waals surface area contributed by atoms with E-state index < -0.39 is 0 Å². The molecule has 0 aliphatic heterocycles. The Morgan fingerprint density at radius 3 is 2.83 bits per heavy atom. The van der Waals surface area contributed by atoms with Gasteiger partial charge in [0.05, 0.1) is 16.8 Å². The van der Waals surface area contributed by atoms with Crippen LogP contribution in [0.4, 0.5) is 0 Å². The Balaban J connectivity index is 2.27. The molecule has 1 heterocycles. The summed E-state index contributed by atoms with van der Waals surface area (Å²) in [7, 11) is 1.66. The van der Waals surface area contributed by atoms with Gasteiger partial charge in [-0.2, -0.15) is 0 Å². The predicted octanol–water partition coefficient (Wildman–Crippen LogP) is 4.33. The molecule has 18 heavy (non-hydrogen) atoms. The molecule has 0 amide bonds. The Kier molecular flexibility index (Phi) is 4.98. The van der Waals surface area contributed by atoms with E-state index in [0.717, 1.165) is 34.8 Å². The maximum Gasteiger partial charge on any atom is 0.147 e. The lowest BCUT2D eigenvalue weighted by molar-refractivity contribution is 0.180. The van der Waals surface area contributed by atoms with Crippen molar-refractivity contribution in [2.45, 2.75) is 45.1 Å². The van der Waals surface area contributed by atoms with Gasteiger partial charge in [-0.05, 0) is 34.7 Å². The molecule has 1 saturated carbocycles. The Morgan fingerprint density at radius 1 is 1.39 bits per heavy atom. The van der Waals surface area contributed by atoms with Gasteiger partial charge in [0.15, 0.2) is 0 Å². The molecule has 2 rings (SSSR count). The summed E-state index contributed by atoms with van der Waals surface area (Å²) < 4.78 is 5.90. The van der Waals surface area contributed by atoms with Gasteiger partial charge < -0.3 is 4.74 Å². The summed E-state index contributed by atoms with van der Waals surface area (Å²) in [4.78, 5) is 9.04. The van der Waals surface area contributed by atoms with Crippen LogP contribution in [0.15, 0.2) is 4.47 Å². The minimum Gasteiger partial charge on any atom is -0.378 e. The molecule has 100 valence electrons. The number of aromatic nitrogens is 2. The van der Waals surface area contributed by atoms with Crippen LogP contribution in [0.25, 0.3) is 0 Å². The normalized spacial score (nSPS) is 24.2. The lowest BCUT2D eigenvalue weighted by atomic mass is 9.82. The van der Waals surface area contributed by atoms with Crippen LogP contribution in [-0.2, 0) is 11.3 Å². The second-order valence-electron chi connectivity index (χ2n) is 5.04. The van der Waals surface area contributed by atoms with Crippen molar-refractivity contribution in [2.75, 3.05) is 7.11 Å². The number of hydrogen-bond acceptors (Lipinski definition) is 3. The van der Waals surface area contributed by atoms with E-state index in [2.05, 4.69) is 32.8 Å². The molecule has 1 aliphatic carbocycles. The van der Waals surface area contributed by atoms with E-state index in [9.17, 15) is 0 Å². The van der Waals surface area contributed by atoms with Gasteiger partial charge in [-0.3, -0.25) is 0 Å². The van der Waals surface area contributed by atoms with Crippen molar-refractivity contribution in [3.05, 3.63) is 21.1 Å². The Morgan fingerprint density at radius 2 is 2.17 bits per heavy atom. The lowest BCUT2D eigenvalue weighted by Gasteiger charge is -2.26. The van der Waals surface area contributed by atoms with Crippen molar-refractivity contribution >= 4 is 27.5 Å². The molecular weight excluding hydrogens is 316 g/mol. The Hall–Kier alpha value is -0.190. The highest BCUT2D eigenvalue weighted by Crippen LogP contribution is 2.36. The molecule has 3 nitrogen and oxygen atoms in total. The minimum atomic E-state index is 0.440. The second kappa shape index (κ2) is 6.31. The molecule has 0 saturated heterocycles. The standard InChI is InChI=1S/C13H18BrClN2O/c1-8-4-3-5-9(6-8)13-16-10(7-18-2)11(14)12(15)17-13/h8-9H,3-7H2,1-2H3. The minimum absolute atomic E-state index is 0.440. The molecular formula is C13H18BrClN2O. The van der Waals surface area contributed by atoms with Gasteiger partial charge in [-0.15, -0.1) is 0 Å². The third-order valence-electron chi connectivity index (χ3n) is 3.48. The number of halogens is 2. The highest BCUT2D eigenvalue weighted by molar-refractivity contribution is 9.10. The van der Waals surface area contributed by atoms with Gasteiger partial charge in [0.25, 0.3) is 0 Å². The van der Waals surface area contributed by atoms with E-state index in [4.69, 9.17) is 16.3 Å². The molecule has 2 unspecified atom stereocenters. The number of ether oxygens (including phenoxy) is 1. The van der Waals surface area contributed by atoms with E-state index in [1.165, 1.54) is 12.8 Å². The predicted molar refractivity (Wildman–Crippen MR) is 75.8 cm³/mol. The first-order valence-corrected chi connectivity index (χ1v) is 7.49. The Bertz CT molecular complexity index is 428. The van der Waals surface area contributed by atoms with Crippen molar-refractivity contribution in [3.8, 4) is 0 Å². The summed E-state index contributed by atoms with van der Waals surface area (Å²) in [5, 5.41) is 0.491. The van der Waals surface area contributed by atoms with E-state index in [-0.39, 0.29) is 0 Å². The van der Waals surface area contributed by atoms with E-state index in [1.54, 1.807) is 7.11 Å². The van der Waals surface area contributed by atoms with Gasteiger partial charge in [0.1, 0.15) is 11.0 Å². The smallest absolute Gasteiger partial charge is 0.147 e. The van der Waals surface area contributed by atoms with Crippen LogP contribution in [-0.4, -0.2) is 17.1 Å². The second-order valence-corrected chi connectivity index (χ2v) is 6.19. The molecule has 2 atom stereocenters. The summed E-state index contributed by atoms with van der Waals surface area (Å²) >= 11 is 9.57. The largest absolute Gasteiger partial charge is 0.378 e. The average molecular weight is 334 g/mol. The Labute approximate surface area is 121 Å². The van der Waals surface area contributed by atoms with Crippen LogP contribution < -0.4 is 0 Å². The molecule has 1 fully saturated rings. The van der Waals surface area contributed by atoms with Crippen molar-refractivity contribution in [1.82, 2.24) is 9.97 Å². The van der Waals surface area contributed by atoms with Crippen molar-refractivity contribution < 1.29 is 4.74 Å². The molecule has 0 radical (unpaired) electrons. The van der Waals surface area contributed by atoms with Crippen LogP contribution in [0.2, 0.25) is 5.15 Å². The average Bonchev–Trinajstić information content (AvgIpc) is 2.35. The van der Waals surface area contributed by atoms with E-state index in [1.807, 2.05) is 0 Å². The van der Waals surface area contributed by atoms with Gasteiger partial charge >= 0.3 is 0 Å². The summed E-state index contributed by atoms with van der Waals surface area (Å²) in [6, 6.07) is 0. The zero-order valence-electron chi connectivity index (χ0n) is 10.7. The third kappa shape index (κ3) is 3.22. The van der Waals surface area contributed by atoms with Gasteiger partial charge in [-0.25, -0.2) is 9.97 Å². The fourth-order valence-electron chi connectivity index (χ4n) is 2.56. The van der Waals surface area contributed by atoms with Crippen molar-refractivity contribution in [1.29, 1.82) is 0 Å². The van der Waals surface area contributed by atoms with Crippen LogP contribution in [0.1, 0.15) is 50.0 Å². The van der Waals surface area contributed by atoms with Crippen LogP contribution in [0.5, 0.6) is 0 Å². The zero-order valence-corrected chi connectivity index (χ0v) is 13.1. The summed E-state index contributed by atoms with van der Waals surface area (Å²) in [6.45, 7) is 2.75. The van der Waals surface area contributed by atoms with Crippen LogP contribution in [0, 0.1) is 5.92 Å². The maximum absolute atomic E-state index is 6.16.